The Labute approximate surface area is 367 Å². The van der Waals surface area contributed by atoms with E-state index >= 15 is 0 Å². The minimum absolute atomic E-state index is 0.00324. The van der Waals surface area contributed by atoms with Gasteiger partial charge in [-0.3, -0.25) is 19.1 Å². The molecule has 15 nitrogen and oxygen atoms in total. The first-order valence-electron chi connectivity index (χ1n) is 22.5. The fraction of sp³-hybridized carbons (Fsp3) is 0.532. The van der Waals surface area contributed by atoms with E-state index in [1.54, 1.807) is 0 Å². The molecule has 0 spiro atoms. The molecule has 2 aliphatic heterocycles. The van der Waals surface area contributed by atoms with Crippen molar-refractivity contribution in [2.45, 2.75) is 145 Å². The number of hydrogen-bond donors (Lipinski definition) is 3. The van der Waals surface area contributed by atoms with Gasteiger partial charge in [-0.05, 0) is 87.3 Å². The Balaban J connectivity index is 1.05. The number of carbonyl (C=O) groups excluding carboxylic acids is 4. The van der Waals surface area contributed by atoms with E-state index in [0.29, 0.717) is 54.6 Å². The summed E-state index contributed by atoms with van der Waals surface area (Å²) in [6, 6.07) is 13.4. The fourth-order valence-corrected chi connectivity index (χ4v) is 10.6. The third-order valence-corrected chi connectivity index (χ3v) is 15.0. The Hall–Kier alpha value is -5.51. The summed E-state index contributed by atoms with van der Waals surface area (Å²) in [5, 5.41) is 5.88. The second-order valence-corrected chi connectivity index (χ2v) is 20.9. The topological polar surface area (TPSA) is 199 Å². The summed E-state index contributed by atoms with van der Waals surface area (Å²) in [5.41, 5.74) is 1.73. The van der Waals surface area contributed by atoms with Crippen LogP contribution in [0, 0.1) is 5.92 Å². The Morgan fingerprint density at radius 2 is 1.67 bits per heavy atom. The maximum atomic E-state index is 14.8. The summed E-state index contributed by atoms with van der Waals surface area (Å²) in [6.45, 7) is 6.36. The number of nitrogens with zero attached hydrogens (tertiary/aromatic N) is 3. The second-order valence-electron chi connectivity index (χ2n) is 19.0. The van der Waals surface area contributed by atoms with E-state index in [-0.39, 0.29) is 36.8 Å². The molecular weight excluding hydrogens is 825 g/mol. The predicted molar refractivity (Wildman–Crippen MR) is 235 cm³/mol. The standard InChI is InChI=1S/C47H56N6O9S/c1-46(2,3)29-21-19-28(20-22-29)40-49-38-34-16-11-12-18-37(34)62-39(38)42(50-40)60-32-25-36-41(54)51-47(44(56)52-63(58,59)33-23-24-33)26-30(47)13-7-5-4-6-8-17-35(43(55)53(36)27-32)48-45(57)61-31-14-9-10-15-31/h7,11-13,16,18-22,30-33,35-36H,4-6,8-10,14-15,17,23-27H2,1-3H3,(H,48,57)(H,51,54)(H,52,56)/t30-,32-,35+,36+,47-/m1/s1. The van der Waals surface area contributed by atoms with E-state index in [1.165, 1.54) is 4.90 Å². The summed E-state index contributed by atoms with van der Waals surface area (Å²) in [6.07, 6.45) is 9.88. The van der Waals surface area contributed by atoms with Gasteiger partial charge in [0.05, 0.1) is 11.8 Å². The molecule has 4 aromatic rings. The number of sulfonamides is 1. The number of rotatable bonds is 8. The molecule has 0 bridgehead atoms. The predicted octanol–water partition coefficient (Wildman–Crippen LogP) is 6.73. The molecule has 2 aromatic carbocycles. The van der Waals surface area contributed by atoms with Gasteiger partial charge in [-0.1, -0.05) is 82.2 Å². The van der Waals surface area contributed by atoms with Crippen LogP contribution in [0.25, 0.3) is 33.5 Å². The van der Waals surface area contributed by atoms with Gasteiger partial charge in [-0.15, -0.1) is 0 Å². The van der Waals surface area contributed by atoms with E-state index in [2.05, 4.69) is 36.1 Å². The SMILES string of the molecule is CC(C)(C)c1ccc(-c2nc(O[C@@H]3C[C@H]4C(=O)N[C@]5(C(=O)NS(=O)(=O)C6CC6)C[C@H]5C=CCCCCC[C@H](NC(=O)OC5CCCC5)C(=O)N4C3)c3oc4ccccc4c3n2)cc1. The van der Waals surface area contributed by atoms with Crippen molar-refractivity contribution in [2.24, 2.45) is 5.92 Å². The van der Waals surface area contributed by atoms with Gasteiger partial charge >= 0.3 is 6.09 Å². The van der Waals surface area contributed by atoms with Crippen LogP contribution in [0.4, 0.5) is 4.79 Å². The molecule has 0 radical (unpaired) electrons. The summed E-state index contributed by atoms with van der Waals surface area (Å²) < 4.78 is 47.0. The molecule has 334 valence electrons. The lowest BCUT2D eigenvalue weighted by molar-refractivity contribution is -0.141. The van der Waals surface area contributed by atoms with Crippen molar-refractivity contribution < 1.29 is 41.5 Å². The minimum Gasteiger partial charge on any atom is -0.470 e. The number of fused-ring (bicyclic) bond motifs is 5. The zero-order valence-corrected chi connectivity index (χ0v) is 36.9. The summed E-state index contributed by atoms with van der Waals surface area (Å²) in [7, 11) is -3.92. The van der Waals surface area contributed by atoms with Gasteiger partial charge < -0.3 is 29.4 Å². The fourth-order valence-electron chi connectivity index (χ4n) is 9.23. The Morgan fingerprint density at radius 1 is 0.921 bits per heavy atom. The Bertz CT molecular complexity index is 2560. The van der Waals surface area contributed by atoms with Crippen molar-refractivity contribution >= 4 is 55.9 Å². The maximum absolute atomic E-state index is 14.8. The molecule has 5 atom stereocenters. The third kappa shape index (κ3) is 9.00. The zero-order chi connectivity index (χ0) is 44.1. The van der Waals surface area contributed by atoms with Crippen molar-refractivity contribution in [3.8, 4) is 17.3 Å². The van der Waals surface area contributed by atoms with Crippen molar-refractivity contribution in [2.75, 3.05) is 6.54 Å². The number of hydrogen-bond acceptors (Lipinski definition) is 11. The van der Waals surface area contributed by atoms with Crippen molar-refractivity contribution in [3.63, 3.8) is 0 Å². The number of para-hydroxylation sites is 1. The monoisotopic (exact) mass is 880 g/mol. The van der Waals surface area contributed by atoms with Gasteiger partial charge in [0, 0.05) is 23.3 Å². The Morgan fingerprint density at radius 3 is 2.41 bits per heavy atom. The van der Waals surface area contributed by atoms with E-state index in [0.717, 1.165) is 55.0 Å². The lowest BCUT2D eigenvalue weighted by atomic mass is 9.87. The molecule has 3 N–H and O–H groups in total. The number of amides is 4. The molecule has 9 rings (SSSR count). The molecule has 3 aliphatic carbocycles. The molecule has 2 aromatic heterocycles. The van der Waals surface area contributed by atoms with E-state index in [9.17, 15) is 27.6 Å². The average Bonchev–Trinajstić information content (AvgIpc) is 4.06. The number of alkyl carbamates (subject to hydrolysis) is 1. The molecule has 4 heterocycles. The number of carbonyl (C=O) groups is 4. The lowest BCUT2D eigenvalue weighted by Gasteiger charge is -2.30. The van der Waals surface area contributed by atoms with Crippen molar-refractivity contribution in [1.82, 2.24) is 30.2 Å². The molecule has 5 aliphatic rings. The number of aromatic nitrogens is 2. The molecule has 1 saturated heterocycles. The third-order valence-electron chi connectivity index (χ3n) is 13.2. The highest BCUT2D eigenvalue weighted by atomic mass is 32.2. The molecule has 4 fully saturated rings. The first-order valence-corrected chi connectivity index (χ1v) is 24.0. The summed E-state index contributed by atoms with van der Waals surface area (Å²) >= 11 is 0. The first kappa shape index (κ1) is 42.8. The van der Waals surface area contributed by atoms with Gasteiger partial charge in [-0.25, -0.2) is 18.2 Å². The Kier molecular flexibility index (Phi) is 11.5. The largest absolute Gasteiger partial charge is 0.470 e. The summed E-state index contributed by atoms with van der Waals surface area (Å²) in [5.74, 6) is -1.83. The first-order chi connectivity index (χ1) is 30.2. The van der Waals surface area contributed by atoms with Gasteiger partial charge in [0.1, 0.15) is 40.9 Å². The normalized spacial score (nSPS) is 26.0. The van der Waals surface area contributed by atoms with E-state index in [4.69, 9.17) is 23.9 Å². The number of furan rings is 1. The highest BCUT2D eigenvalue weighted by Gasteiger charge is 2.62. The van der Waals surface area contributed by atoms with Crippen LogP contribution in [0.1, 0.15) is 110 Å². The lowest BCUT2D eigenvalue weighted by Crippen LogP contribution is -2.58. The molecule has 4 amide bonds. The molecule has 16 heteroatoms. The van der Waals surface area contributed by atoms with Crippen LogP contribution in [-0.2, 0) is 34.6 Å². The molecule has 63 heavy (non-hydrogen) atoms. The van der Waals surface area contributed by atoms with Crippen LogP contribution in [0.15, 0.2) is 65.1 Å². The van der Waals surface area contributed by atoms with Crippen molar-refractivity contribution in [3.05, 3.63) is 66.2 Å². The molecular formula is C47H56N6O9S. The number of allylic oxidation sites excluding steroid dienone is 1. The van der Waals surface area contributed by atoms with Crippen LogP contribution in [0.5, 0.6) is 5.88 Å². The van der Waals surface area contributed by atoms with Crippen LogP contribution in [-0.4, -0.2) is 88.7 Å². The van der Waals surface area contributed by atoms with Crippen LogP contribution in [0.2, 0.25) is 0 Å². The maximum Gasteiger partial charge on any atom is 0.408 e. The van der Waals surface area contributed by atoms with E-state index in [1.807, 2.05) is 60.7 Å². The number of benzene rings is 2. The smallest absolute Gasteiger partial charge is 0.408 e. The van der Waals surface area contributed by atoms with Crippen LogP contribution < -0.4 is 20.1 Å². The molecule has 3 saturated carbocycles. The van der Waals surface area contributed by atoms with Gasteiger partial charge in [-0.2, -0.15) is 4.98 Å². The zero-order valence-electron chi connectivity index (χ0n) is 36.1. The van der Waals surface area contributed by atoms with Crippen LogP contribution >= 0.6 is 0 Å². The molecule has 0 unspecified atom stereocenters. The van der Waals surface area contributed by atoms with Crippen LogP contribution in [0.3, 0.4) is 0 Å². The average molecular weight is 881 g/mol. The number of nitrogens with one attached hydrogen (secondary N) is 3. The minimum atomic E-state index is -3.92. The highest BCUT2D eigenvalue weighted by Crippen LogP contribution is 2.46. The second kappa shape index (κ2) is 16.9. The highest BCUT2D eigenvalue weighted by molar-refractivity contribution is 7.91. The quantitative estimate of drug-likeness (QED) is 0.159. The van der Waals surface area contributed by atoms with Gasteiger partial charge in [0.2, 0.25) is 27.4 Å². The summed E-state index contributed by atoms with van der Waals surface area (Å²) in [4.78, 5) is 68.0. The number of ether oxygens (including phenoxy) is 2. The van der Waals surface area contributed by atoms with Crippen molar-refractivity contribution in [1.29, 1.82) is 0 Å². The van der Waals surface area contributed by atoms with Gasteiger partial charge in [0.25, 0.3) is 11.8 Å². The van der Waals surface area contributed by atoms with E-state index < -0.39 is 68.7 Å². The van der Waals surface area contributed by atoms with Gasteiger partial charge in [0.15, 0.2) is 5.82 Å².